The van der Waals surface area contributed by atoms with Crippen LogP contribution in [0.4, 0.5) is 0 Å². The van der Waals surface area contributed by atoms with Crippen LogP contribution in [0.2, 0.25) is 0 Å². The highest BCUT2D eigenvalue weighted by Crippen LogP contribution is 2.02. The summed E-state index contributed by atoms with van der Waals surface area (Å²) in [6, 6.07) is 8.71. The Morgan fingerprint density at radius 2 is 1.31 bits per heavy atom. The largest absolute Gasteiger partial charge is 0.508 e. The maximum atomic E-state index is 8.63. The summed E-state index contributed by atoms with van der Waals surface area (Å²) in [5.74, 6) is 0.322. The summed E-state index contributed by atoms with van der Waals surface area (Å²) in [6.07, 6.45) is -3.10. The molecule has 1 aromatic rings. The number of hydrogen-bond acceptors (Lipinski definition) is 6. The Labute approximate surface area is 93.0 Å². The van der Waals surface area contributed by atoms with Crippen molar-refractivity contribution in [2.45, 2.75) is 12.6 Å². The van der Waals surface area contributed by atoms with Crippen LogP contribution >= 0.6 is 0 Å². The maximum absolute atomic E-state index is 8.63. The fourth-order valence-electron chi connectivity index (χ4n) is 0.707. The average Bonchev–Trinajstić information content (AvgIpc) is 2.18. The predicted molar refractivity (Wildman–Crippen MR) is 55.4 cm³/mol. The standard InChI is InChI=1S/C6H6O.C4H10O5/c7-6-4-2-1-3-5-6;5-3(6)1-9-2-4(7)8/h1-5,7H;3-8H,1-2H2. The van der Waals surface area contributed by atoms with Crippen LogP contribution in [-0.2, 0) is 4.74 Å². The first-order valence-corrected chi connectivity index (χ1v) is 4.56. The van der Waals surface area contributed by atoms with E-state index in [-0.39, 0.29) is 13.2 Å². The van der Waals surface area contributed by atoms with E-state index in [4.69, 9.17) is 25.5 Å². The molecule has 16 heavy (non-hydrogen) atoms. The molecule has 0 aliphatic carbocycles. The zero-order valence-corrected chi connectivity index (χ0v) is 8.60. The van der Waals surface area contributed by atoms with Crippen LogP contribution in [0.25, 0.3) is 0 Å². The summed E-state index contributed by atoms with van der Waals surface area (Å²) >= 11 is 0. The van der Waals surface area contributed by atoms with Gasteiger partial charge < -0.3 is 30.3 Å². The summed E-state index contributed by atoms with van der Waals surface area (Å²) in [5.41, 5.74) is 0. The zero-order valence-electron chi connectivity index (χ0n) is 8.60. The SMILES string of the molecule is OC(O)COCC(O)O.Oc1ccccc1. The van der Waals surface area contributed by atoms with Crippen LogP contribution in [0, 0.1) is 0 Å². The molecule has 0 bridgehead atoms. The molecule has 1 aromatic carbocycles. The van der Waals surface area contributed by atoms with E-state index >= 15 is 0 Å². The van der Waals surface area contributed by atoms with Gasteiger partial charge in [-0.2, -0.15) is 0 Å². The average molecular weight is 232 g/mol. The van der Waals surface area contributed by atoms with Crippen molar-refractivity contribution in [3.8, 4) is 5.75 Å². The van der Waals surface area contributed by atoms with Crippen molar-refractivity contribution in [1.29, 1.82) is 0 Å². The highest BCUT2D eigenvalue weighted by atomic mass is 16.6. The van der Waals surface area contributed by atoms with E-state index in [1.807, 2.05) is 6.07 Å². The van der Waals surface area contributed by atoms with Gasteiger partial charge in [0.15, 0.2) is 12.6 Å². The summed E-state index contributed by atoms with van der Waals surface area (Å²) in [5, 5.41) is 41.2. The van der Waals surface area contributed by atoms with Gasteiger partial charge in [-0.05, 0) is 12.1 Å². The van der Waals surface area contributed by atoms with Crippen molar-refractivity contribution < 1.29 is 30.3 Å². The number of rotatable bonds is 4. The van der Waals surface area contributed by atoms with Gasteiger partial charge in [0.2, 0.25) is 0 Å². The van der Waals surface area contributed by atoms with E-state index in [0.717, 1.165) is 0 Å². The first kappa shape index (κ1) is 14.8. The lowest BCUT2D eigenvalue weighted by molar-refractivity contribution is -0.138. The molecule has 0 amide bonds. The minimum atomic E-state index is -1.55. The van der Waals surface area contributed by atoms with Crippen molar-refractivity contribution in [3.63, 3.8) is 0 Å². The number of phenolic OH excluding ortho intramolecular Hbond substituents is 1. The molecule has 0 aliphatic heterocycles. The molecule has 0 aliphatic rings. The second-order valence-electron chi connectivity index (χ2n) is 2.83. The lowest BCUT2D eigenvalue weighted by Gasteiger charge is -2.05. The molecule has 0 saturated heterocycles. The number of aliphatic hydroxyl groups excluding tert-OH is 2. The van der Waals surface area contributed by atoms with E-state index in [0.29, 0.717) is 5.75 Å². The molecule has 5 N–H and O–H groups in total. The van der Waals surface area contributed by atoms with Crippen molar-refractivity contribution in [1.82, 2.24) is 0 Å². The number of benzene rings is 1. The van der Waals surface area contributed by atoms with E-state index in [1.54, 1.807) is 24.3 Å². The van der Waals surface area contributed by atoms with Crippen LogP contribution in [-0.4, -0.2) is 51.3 Å². The van der Waals surface area contributed by atoms with E-state index in [9.17, 15) is 0 Å². The highest BCUT2D eigenvalue weighted by Gasteiger charge is 1.99. The molecular weight excluding hydrogens is 216 g/mol. The topological polar surface area (TPSA) is 110 Å². The van der Waals surface area contributed by atoms with Gasteiger partial charge >= 0.3 is 0 Å². The Morgan fingerprint density at radius 1 is 0.875 bits per heavy atom. The van der Waals surface area contributed by atoms with Crippen molar-refractivity contribution in [3.05, 3.63) is 30.3 Å². The Kier molecular flexibility index (Phi) is 8.41. The summed E-state index contributed by atoms with van der Waals surface area (Å²) in [4.78, 5) is 0. The molecule has 0 heterocycles. The highest BCUT2D eigenvalue weighted by molar-refractivity contribution is 5.18. The molecule has 0 saturated carbocycles. The number of aliphatic hydroxyl groups is 4. The Hall–Kier alpha value is -1.18. The fraction of sp³-hybridized carbons (Fsp3) is 0.400. The number of hydrogen-bond donors (Lipinski definition) is 5. The lowest BCUT2D eigenvalue weighted by Crippen LogP contribution is -2.20. The molecule has 0 aromatic heterocycles. The molecular formula is C10H16O6. The summed E-state index contributed by atoms with van der Waals surface area (Å²) in [6.45, 7) is -0.616. The molecule has 0 radical (unpaired) electrons. The maximum Gasteiger partial charge on any atom is 0.175 e. The molecule has 92 valence electrons. The molecule has 0 fully saturated rings. The number of aromatic hydroxyl groups is 1. The van der Waals surface area contributed by atoms with Crippen molar-refractivity contribution in [2.24, 2.45) is 0 Å². The molecule has 1 rings (SSSR count). The van der Waals surface area contributed by atoms with Crippen LogP contribution in [0.3, 0.4) is 0 Å². The minimum Gasteiger partial charge on any atom is -0.508 e. The normalized spacial score (nSPS) is 10.1. The number of ether oxygens (including phenoxy) is 1. The lowest BCUT2D eigenvalue weighted by atomic mass is 10.3. The fourth-order valence-corrected chi connectivity index (χ4v) is 0.707. The van der Waals surface area contributed by atoms with Crippen LogP contribution < -0.4 is 0 Å². The van der Waals surface area contributed by atoms with Gasteiger partial charge in [0.25, 0.3) is 0 Å². The van der Waals surface area contributed by atoms with Crippen LogP contribution in [0.5, 0.6) is 5.75 Å². The first-order chi connectivity index (χ1) is 7.52. The second kappa shape index (κ2) is 9.08. The smallest absolute Gasteiger partial charge is 0.175 e. The van der Waals surface area contributed by atoms with Gasteiger partial charge in [-0.1, -0.05) is 18.2 Å². The molecule has 0 spiro atoms. The van der Waals surface area contributed by atoms with E-state index in [2.05, 4.69) is 4.74 Å². The molecule has 0 unspecified atom stereocenters. The third-order valence-electron chi connectivity index (χ3n) is 1.29. The monoisotopic (exact) mass is 232 g/mol. The van der Waals surface area contributed by atoms with Gasteiger partial charge in [0.1, 0.15) is 5.75 Å². The second-order valence-corrected chi connectivity index (χ2v) is 2.83. The van der Waals surface area contributed by atoms with Crippen LogP contribution in [0.15, 0.2) is 30.3 Å². The molecule has 6 heteroatoms. The van der Waals surface area contributed by atoms with Crippen molar-refractivity contribution in [2.75, 3.05) is 13.2 Å². The third kappa shape index (κ3) is 10.9. The van der Waals surface area contributed by atoms with E-state index in [1.165, 1.54) is 0 Å². The molecule has 0 atom stereocenters. The number of phenols is 1. The van der Waals surface area contributed by atoms with Crippen LogP contribution in [0.1, 0.15) is 0 Å². The van der Waals surface area contributed by atoms with Gasteiger partial charge in [-0.25, -0.2) is 0 Å². The number of para-hydroxylation sites is 1. The third-order valence-corrected chi connectivity index (χ3v) is 1.29. The molecule has 6 nitrogen and oxygen atoms in total. The van der Waals surface area contributed by atoms with Gasteiger partial charge in [-0.15, -0.1) is 0 Å². The van der Waals surface area contributed by atoms with Gasteiger partial charge in [0.05, 0.1) is 13.2 Å². The van der Waals surface area contributed by atoms with Gasteiger partial charge in [0, 0.05) is 0 Å². The van der Waals surface area contributed by atoms with Gasteiger partial charge in [-0.3, -0.25) is 0 Å². The quantitative estimate of drug-likeness (QED) is 0.427. The Balaban J connectivity index is 0.000000288. The zero-order chi connectivity index (χ0) is 12.4. The van der Waals surface area contributed by atoms with Crippen molar-refractivity contribution >= 4 is 0 Å². The summed E-state index contributed by atoms with van der Waals surface area (Å²) < 4.78 is 4.36. The Morgan fingerprint density at radius 3 is 1.56 bits per heavy atom. The summed E-state index contributed by atoms with van der Waals surface area (Å²) in [7, 11) is 0. The Bertz CT molecular complexity index is 241. The first-order valence-electron chi connectivity index (χ1n) is 4.56. The predicted octanol–water partition coefficient (Wildman–Crippen LogP) is -0.983. The van der Waals surface area contributed by atoms with E-state index < -0.39 is 12.6 Å². The minimum absolute atomic E-state index is 0.308.